The molecule has 0 radical (unpaired) electrons. The van der Waals surface area contributed by atoms with Crippen molar-refractivity contribution in [2.45, 2.75) is 38.6 Å². The standard InChI is InChI=1S/C16H25NO4/c1-11(10-16(2,17)15(18)19)8-9-12-6-5-7-13(20-3)14(12)21-4/h5-7,11H,8-10,17H2,1-4H3,(H,18,19). The van der Waals surface area contributed by atoms with Crippen LogP contribution in [0.3, 0.4) is 0 Å². The summed E-state index contributed by atoms with van der Waals surface area (Å²) in [6, 6.07) is 5.77. The van der Waals surface area contributed by atoms with E-state index in [-0.39, 0.29) is 5.92 Å². The van der Waals surface area contributed by atoms with Crippen molar-refractivity contribution in [2.75, 3.05) is 14.2 Å². The minimum Gasteiger partial charge on any atom is -0.493 e. The maximum atomic E-state index is 11.1. The molecule has 3 N–H and O–H groups in total. The van der Waals surface area contributed by atoms with Crippen LogP contribution in [0.1, 0.15) is 32.3 Å². The van der Waals surface area contributed by atoms with Crippen LogP contribution in [0.2, 0.25) is 0 Å². The van der Waals surface area contributed by atoms with Crippen LogP contribution in [0.4, 0.5) is 0 Å². The van der Waals surface area contributed by atoms with Crippen LogP contribution in [-0.4, -0.2) is 30.8 Å². The lowest BCUT2D eigenvalue weighted by Gasteiger charge is -2.23. The molecule has 118 valence electrons. The van der Waals surface area contributed by atoms with Gasteiger partial charge in [-0.1, -0.05) is 19.1 Å². The van der Waals surface area contributed by atoms with E-state index >= 15 is 0 Å². The van der Waals surface area contributed by atoms with E-state index in [1.807, 2.05) is 25.1 Å². The summed E-state index contributed by atoms with van der Waals surface area (Å²) in [6.07, 6.45) is 2.06. The number of nitrogens with two attached hydrogens (primary N) is 1. The molecule has 0 amide bonds. The van der Waals surface area contributed by atoms with Gasteiger partial charge in [0.25, 0.3) is 0 Å². The highest BCUT2D eigenvalue weighted by atomic mass is 16.5. The van der Waals surface area contributed by atoms with Crippen molar-refractivity contribution in [3.05, 3.63) is 23.8 Å². The average Bonchev–Trinajstić information content (AvgIpc) is 2.43. The number of ether oxygens (including phenoxy) is 2. The Morgan fingerprint density at radius 1 is 1.38 bits per heavy atom. The molecule has 0 fully saturated rings. The number of carboxylic acids is 1. The Kier molecular flexibility index (Phi) is 6.03. The first kappa shape index (κ1) is 17.3. The maximum absolute atomic E-state index is 11.1. The second-order valence-electron chi connectivity index (χ2n) is 5.72. The average molecular weight is 295 g/mol. The number of hydrogen-bond acceptors (Lipinski definition) is 4. The van der Waals surface area contributed by atoms with Crippen LogP contribution in [0, 0.1) is 5.92 Å². The van der Waals surface area contributed by atoms with E-state index in [2.05, 4.69) is 0 Å². The molecular formula is C16H25NO4. The van der Waals surface area contributed by atoms with Gasteiger partial charge in [-0.05, 0) is 43.7 Å². The number of carboxylic acid groups (broad SMARTS) is 1. The third-order valence-corrected chi connectivity index (χ3v) is 3.65. The van der Waals surface area contributed by atoms with E-state index in [0.717, 1.165) is 24.2 Å². The molecule has 5 nitrogen and oxygen atoms in total. The predicted octanol–water partition coefficient (Wildman–Crippen LogP) is 2.46. The van der Waals surface area contributed by atoms with Gasteiger partial charge in [0.2, 0.25) is 0 Å². The van der Waals surface area contributed by atoms with Crippen LogP contribution in [0.5, 0.6) is 11.5 Å². The molecule has 2 atom stereocenters. The Labute approximate surface area is 126 Å². The molecule has 0 aromatic heterocycles. The number of aliphatic carboxylic acids is 1. The fraction of sp³-hybridized carbons (Fsp3) is 0.562. The van der Waals surface area contributed by atoms with Gasteiger partial charge < -0.3 is 20.3 Å². The Balaban J connectivity index is 2.69. The summed E-state index contributed by atoms with van der Waals surface area (Å²) >= 11 is 0. The molecule has 0 saturated carbocycles. The summed E-state index contributed by atoms with van der Waals surface area (Å²) < 4.78 is 10.7. The number of para-hydroxylation sites is 1. The molecule has 1 rings (SSSR count). The summed E-state index contributed by atoms with van der Waals surface area (Å²) in [4.78, 5) is 11.1. The van der Waals surface area contributed by atoms with Crippen molar-refractivity contribution in [1.29, 1.82) is 0 Å². The van der Waals surface area contributed by atoms with E-state index in [0.29, 0.717) is 12.2 Å². The summed E-state index contributed by atoms with van der Waals surface area (Å²) in [5.74, 6) is 0.679. The molecule has 5 heteroatoms. The van der Waals surface area contributed by atoms with E-state index in [1.54, 1.807) is 21.1 Å². The van der Waals surface area contributed by atoms with Crippen LogP contribution >= 0.6 is 0 Å². The number of methoxy groups -OCH3 is 2. The minimum absolute atomic E-state index is 0.201. The van der Waals surface area contributed by atoms with Crippen molar-refractivity contribution in [1.82, 2.24) is 0 Å². The highest BCUT2D eigenvalue weighted by Gasteiger charge is 2.29. The first-order valence-corrected chi connectivity index (χ1v) is 7.04. The molecule has 0 heterocycles. The van der Waals surface area contributed by atoms with Crippen LogP contribution < -0.4 is 15.2 Å². The Morgan fingerprint density at radius 3 is 2.57 bits per heavy atom. The zero-order valence-electron chi connectivity index (χ0n) is 13.2. The number of aryl methyl sites for hydroxylation is 1. The van der Waals surface area contributed by atoms with Crippen LogP contribution in [0.25, 0.3) is 0 Å². The lowest BCUT2D eigenvalue weighted by atomic mass is 9.87. The molecule has 0 aliphatic carbocycles. The van der Waals surface area contributed by atoms with Crippen molar-refractivity contribution < 1.29 is 19.4 Å². The van der Waals surface area contributed by atoms with Gasteiger partial charge in [-0.25, -0.2) is 0 Å². The number of carbonyl (C=O) groups is 1. The highest BCUT2D eigenvalue weighted by molar-refractivity contribution is 5.77. The van der Waals surface area contributed by atoms with Crippen molar-refractivity contribution >= 4 is 5.97 Å². The molecule has 0 bridgehead atoms. The molecule has 1 aromatic carbocycles. The summed E-state index contributed by atoms with van der Waals surface area (Å²) in [6.45, 7) is 3.57. The van der Waals surface area contributed by atoms with Crippen LogP contribution in [-0.2, 0) is 11.2 Å². The molecule has 0 aliphatic rings. The zero-order valence-corrected chi connectivity index (χ0v) is 13.2. The van der Waals surface area contributed by atoms with Gasteiger partial charge in [0.1, 0.15) is 5.54 Å². The largest absolute Gasteiger partial charge is 0.493 e. The normalized spacial score (nSPS) is 15.1. The summed E-state index contributed by atoms with van der Waals surface area (Å²) in [5.41, 5.74) is 5.66. The Bertz CT molecular complexity index is 485. The van der Waals surface area contributed by atoms with Gasteiger partial charge >= 0.3 is 5.97 Å². The first-order valence-electron chi connectivity index (χ1n) is 7.04. The SMILES string of the molecule is COc1cccc(CCC(C)CC(C)(N)C(=O)O)c1OC. The topological polar surface area (TPSA) is 81.8 Å². The van der Waals surface area contributed by atoms with Gasteiger partial charge in [0, 0.05) is 0 Å². The first-order chi connectivity index (χ1) is 9.81. The maximum Gasteiger partial charge on any atom is 0.323 e. The predicted molar refractivity (Wildman–Crippen MR) is 81.9 cm³/mol. The van der Waals surface area contributed by atoms with Crippen molar-refractivity contribution in [3.8, 4) is 11.5 Å². The monoisotopic (exact) mass is 295 g/mol. The molecule has 0 aliphatic heterocycles. The van der Waals surface area contributed by atoms with E-state index in [9.17, 15) is 4.79 Å². The highest BCUT2D eigenvalue weighted by Crippen LogP contribution is 2.32. The number of benzene rings is 1. The second-order valence-corrected chi connectivity index (χ2v) is 5.72. The fourth-order valence-corrected chi connectivity index (χ4v) is 2.47. The van der Waals surface area contributed by atoms with Crippen molar-refractivity contribution in [3.63, 3.8) is 0 Å². The molecule has 0 spiro atoms. The molecule has 21 heavy (non-hydrogen) atoms. The second kappa shape index (κ2) is 7.31. The van der Waals surface area contributed by atoms with Crippen molar-refractivity contribution in [2.24, 2.45) is 11.7 Å². The number of hydrogen-bond donors (Lipinski definition) is 2. The Hall–Kier alpha value is -1.75. The third kappa shape index (κ3) is 4.63. The molecule has 2 unspecified atom stereocenters. The van der Waals surface area contributed by atoms with E-state index < -0.39 is 11.5 Å². The lowest BCUT2D eigenvalue weighted by Crippen LogP contribution is -2.46. The minimum atomic E-state index is -1.18. The van der Waals surface area contributed by atoms with Gasteiger partial charge in [0.15, 0.2) is 11.5 Å². The third-order valence-electron chi connectivity index (χ3n) is 3.65. The molecule has 0 saturated heterocycles. The van der Waals surface area contributed by atoms with Crippen LogP contribution in [0.15, 0.2) is 18.2 Å². The summed E-state index contributed by atoms with van der Waals surface area (Å²) in [7, 11) is 3.23. The van der Waals surface area contributed by atoms with Gasteiger partial charge in [-0.3, -0.25) is 4.79 Å². The Morgan fingerprint density at radius 2 is 2.05 bits per heavy atom. The van der Waals surface area contributed by atoms with Gasteiger partial charge in [-0.2, -0.15) is 0 Å². The van der Waals surface area contributed by atoms with Gasteiger partial charge in [-0.15, -0.1) is 0 Å². The summed E-state index contributed by atoms with van der Waals surface area (Å²) in [5, 5.41) is 9.06. The fourth-order valence-electron chi connectivity index (χ4n) is 2.47. The zero-order chi connectivity index (χ0) is 16.0. The lowest BCUT2D eigenvalue weighted by molar-refractivity contribution is -0.143. The number of rotatable bonds is 8. The van der Waals surface area contributed by atoms with E-state index in [1.165, 1.54) is 0 Å². The van der Waals surface area contributed by atoms with E-state index in [4.69, 9.17) is 20.3 Å². The molecular weight excluding hydrogens is 270 g/mol. The quantitative estimate of drug-likeness (QED) is 0.770. The molecule has 1 aromatic rings. The van der Waals surface area contributed by atoms with Gasteiger partial charge in [0.05, 0.1) is 14.2 Å². The smallest absolute Gasteiger partial charge is 0.323 e.